The van der Waals surface area contributed by atoms with Crippen molar-refractivity contribution in [2.75, 3.05) is 0 Å². The zero-order valence-electron chi connectivity index (χ0n) is 10.5. The summed E-state index contributed by atoms with van der Waals surface area (Å²) in [5, 5.41) is 0. The summed E-state index contributed by atoms with van der Waals surface area (Å²) in [7, 11) is 0. The van der Waals surface area contributed by atoms with Gasteiger partial charge in [0.2, 0.25) is 0 Å². The topological polar surface area (TPSA) is 0 Å². The Labute approximate surface area is 99.8 Å². The fourth-order valence-corrected chi connectivity index (χ4v) is 3.89. The van der Waals surface area contributed by atoms with E-state index in [0.29, 0.717) is 0 Å². The van der Waals surface area contributed by atoms with Crippen LogP contribution in [0.4, 0.5) is 0 Å². The van der Waals surface area contributed by atoms with Crippen molar-refractivity contribution in [1.29, 1.82) is 0 Å². The highest BCUT2D eigenvalue weighted by Crippen LogP contribution is 2.62. The molecule has 0 nitrogen and oxygen atoms in total. The molecule has 16 heavy (non-hydrogen) atoms. The van der Waals surface area contributed by atoms with E-state index in [2.05, 4.69) is 19.1 Å². The minimum Gasteiger partial charge on any atom is -0.0802 e. The molecule has 0 radical (unpaired) electrons. The maximum atomic E-state index is 2.44. The average molecular weight is 216 g/mol. The number of allylic oxidation sites excluding steroid dienone is 4. The Morgan fingerprint density at radius 2 is 2.06 bits per heavy atom. The van der Waals surface area contributed by atoms with Gasteiger partial charge in [-0.15, -0.1) is 0 Å². The van der Waals surface area contributed by atoms with Crippen molar-refractivity contribution < 1.29 is 0 Å². The van der Waals surface area contributed by atoms with Gasteiger partial charge in [-0.3, -0.25) is 0 Å². The lowest BCUT2D eigenvalue weighted by Crippen LogP contribution is -2.02. The fourth-order valence-electron chi connectivity index (χ4n) is 3.89. The van der Waals surface area contributed by atoms with Crippen LogP contribution in [0.1, 0.15) is 58.3 Å². The van der Waals surface area contributed by atoms with Crippen LogP contribution in [0.2, 0.25) is 0 Å². The van der Waals surface area contributed by atoms with E-state index in [1.54, 1.807) is 5.57 Å². The maximum Gasteiger partial charge on any atom is -0.0127 e. The molecule has 0 aliphatic heterocycles. The van der Waals surface area contributed by atoms with Crippen molar-refractivity contribution in [2.45, 2.75) is 58.3 Å². The van der Waals surface area contributed by atoms with Crippen molar-refractivity contribution in [3.63, 3.8) is 0 Å². The largest absolute Gasteiger partial charge is 0.0802 e. The molecule has 0 heteroatoms. The summed E-state index contributed by atoms with van der Waals surface area (Å²) in [5.41, 5.74) is 3.61. The van der Waals surface area contributed by atoms with Gasteiger partial charge in [-0.1, -0.05) is 56.8 Å². The van der Waals surface area contributed by atoms with Crippen LogP contribution in [0.25, 0.3) is 0 Å². The molecule has 0 aromatic heterocycles. The first-order chi connectivity index (χ1) is 7.92. The Morgan fingerprint density at radius 3 is 2.94 bits per heavy atom. The average Bonchev–Trinajstić information content (AvgIpc) is 2.82. The molecule has 1 fully saturated rings. The van der Waals surface area contributed by atoms with Crippen molar-refractivity contribution >= 4 is 0 Å². The predicted molar refractivity (Wildman–Crippen MR) is 69.2 cm³/mol. The summed E-state index contributed by atoms with van der Waals surface area (Å²) in [4.78, 5) is 0. The molecule has 0 N–H and O–H groups in total. The highest BCUT2D eigenvalue weighted by atomic mass is 14.6. The first-order valence-electron chi connectivity index (χ1n) is 7.31. The molecule has 1 saturated carbocycles. The van der Waals surface area contributed by atoms with Crippen LogP contribution in [0.5, 0.6) is 0 Å². The number of hydrogen-bond donors (Lipinski definition) is 0. The molecule has 3 aliphatic carbocycles. The molecule has 3 rings (SSSR count). The zero-order chi connectivity index (χ0) is 11.0. The van der Waals surface area contributed by atoms with Crippen LogP contribution in [0.3, 0.4) is 0 Å². The normalized spacial score (nSPS) is 34.4. The highest BCUT2D eigenvalue weighted by Gasteiger charge is 2.52. The Bertz CT molecular complexity index is 321. The van der Waals surface area contributed by atoms with Gasteiger partial charge in [0.1, 0.15) is 0 Å². The minimum absolute atomic E-state index is 0.973. The summed E-state index contributed by atoms with van der Waals surface area (Å²) in [6, 6.07) is 0. The Balaban J connectivity index is 1.47. The summed E-state index contributed by atoms with van der Waals surface area (Å²) in [5.74, 6) is 3.09. The van der Waals surface area contributed by atoms with Crippen molar-refractivity contribution in [3.8, 4) is 0 Å². The van der Waals surface area contributed by atoms with E-state index in [1.165, 1.54) is 51.4 Å². The number of hydrogen-bond acceptors (Lipinski definition) is 0. The first-order valence-corrected chi connectivity index (χ1v) is 7.31. The molecule has 0 aromatic rings. The third-order valence-corrected chi connectivity index (χ3v) is 4.83. The first kappa shape index (κ1) is 10.6. The van der Waals surface area contributed by atoms with Crippen molar-refractivity contribution in [1.82, 2.24) is 0 Å². The number of unbranched alkanes of at least 4 members (excludes halogenated alkanes) is 4. The van der Waals surface area contributed by atoms with Crippen LogP contribution in [0, 0.1) is 17.8 Å². The van der Waals surface area contributed by atoms with E-state index in [9.17, 15) is 0 Å². The molecule has 0 aromatic carbocycles. The standard InChI is InChI=1S/C16H24/c1-2-3-4-5-6-8-13-12-9-7-10-14(12)16-11-15(13)16/h7,9,13,15-16H,2-6,8,10-11H2,1H3. The van der Waals surface area contributed by atoms with Gasteiger partial charge in [0, 0.05) is 0 Å². The predicted octanol–water partition coefficient (Wildman–Crippen LogP) is 4.87. The second-order valence-corrected chi connectivity index (χ2v) is 5.90. The van der Waals surface area contributed by atoms with E-state index in [1.807, 2.05) is 5.57 Å². The molecular weight excluding hydrogens is 192 g/mol. The van der Waals surface area contributed by atoms with Crippen molar-refractivity contribution in [3.05, 3.63) is 23.3 Å². The molecule has 0 spiro atoms. The third kappa shape index (κ3) is 1.77. The zero-order valence-corrected chi connectivity index (χ0v) is 10.5. The molecule has 3 unspecified atom stereocenters. The van der Waals surface area contributed by atoms with Crippen LogP contribution >= 0.6 is 0 Å². The second kappa shape index (κ2) is 4.39. The van der Waals surface area contributed by atoms with Gasteiger partial charge in [-0.2, -0.15) is 0 Å². The highest BCUT2D eigenvalue weighted by molar-refractivity contribution is 5.46. The Kier molecular flexibility index (Phi) is 2.91. The van der Waals surface area contributed by atoms with Crippen LogP contribution < -0.4 is 0 Å². The molecule has 0 amide bonds. The van der Waals surface area contributed by atoms with E-state index in [4.69, 9.17) is 0 Å². The minimum atomic E-state index is 0.973. The lowest BCUT2D eigenvalue weighted by Gasteiger charge is -2.14. The third-order valence-electron chi connectivity index (χ3n) is 4.83. The van der Waals surface area contributed by atoms with E-state index in [0.717, 1.165) is 17.8 Å². The monoisotopic (exact) mass is 216 g/mol. The van der Waals surface area contributed by atoms with E-state index in [-0.39, 0.29) is 0 Å². The van der Waals surface area contributed by atoms with Crippen LogP contribution in [-0.2, 0) is 0 Å². The summed E-state index contributed by atoms with van der Waals surface area (Å²) in [6.07, 6.45) is 16.3. The van der Waals surface area contributed by atoms with Crippen molar-refractivity contribution in [2.24, 2.45) is 17.8 Å². The van der Waals surface area contributed by atoms with E-state index >= 15 is 0 Å². The Morgan fingerprint density at radius 1 is 1.19 bits per heavy atom. The summed E-state index contributed by atoms with van der Waals surface area (Å²) < 4.78 is 0. The number of fused-ring (bicyclic) bond motifs is 2. The van der Waals surface area contributed by atoms with Gasteiger partial charge in [0.05, 0.1) is 0 Å². The smallest absolute Gasteiger partial charge is 0.0127 e. The lowest BCUT2D eigenvalue weighted by molar-refractivity contribution is 0.473. The summed E-state index contributed by atoms with van der Waals surface area (Å²) in [6.45, 7) is 2.30. The quantitative estimate of drug-likeness (QED) is 0.556. The molecule has 3 aliphatic rings. The molecular formula is C16H24. The van der Waals surface area contributed by atoms with Gasteiger partial charge in [-0.25, -0.2) is 0 Å². The van der Waals surface area contributed by atoms with E-state index < -0.39 is 0 Å². The molecule has 0 saturated heterocycles. The summed E-state index contributed by atoms with van der Waals surface area (Å²) >= 11 is 0. The van der Waals surface area contributed by atoms with Crippen LogP contribution in [0.15, 0.2) is 23.3 Å². The van der Waals surface area contributed by atoms with Gasteiger partial charge < -0.3 is 0 Å². The number of rotatable bonds is 6. The SMILES string of the molecule is CCCCCCCC1C2=C(CC=C2)C2CC12. The molecule has 0 bridgehead atoms. The molecule has 88 valence electrons. The van der Waals surface area contributed by atoms with Gasteiger partial charge in [0.25, 0.3) is 0 Å². The molecule has 3 atom stereocenters. The maximum absolute atomic E-state index is 2.44. The second-order valence-electron chi connectivity index (χ2n) is 5.90. The van der Waals surface area contributed by atoms with Gasteiger partial charge >= 0.3 is 0 Å². The fraction of sp³-hybridized carbons (Fsp3) is 0.750. The molecule has 0 heterocycles. The Hall–Kier alpha value is -0.520. The van der Waals surface area contributed by atoms with Gasteiger partial charge in [-0.05, 0) is 42.6 Å². The lowest BCUT2D eigenvalue weighted by atomic mass is 9.91. The van der Waals surface area contributed by atoms with Crippen LogP contribution in [-0.4, -0.2) is 0 Å². The van der Waals surface area contributed by atoms with Gasteiger partial charge in [0.15, 0.2) is 0 Å².